The van der Waals surface area contributed by atoms with Crippen LogP contribution < -0.4 is 0 Å². The molecule has 0 N–H and O–H groups in total. The maximum absolute atomic E-state index is 6.15. The van der Waals surface area contributed by atoms with Crippen LogP contribution in [0.3, 0.4) is 0 Å². The average molecular weight is 260 g/mol. The molecule has 0 bridgehead atoms. The monoisotopic (exact) mass is 260 g/mol. The summed E-state index contributed by atoms with van der Waals surface area (Å²) >= 11 is 0. The third-order valence-corrected chi connectivity index (χ3v) is 8.32. The molecule has 0 radical (unpaired) electrons. The minimum Gasteiger partial charge on any atom is -0.416 e. The Hall–Kier alpha value is -1.04. The van der Waals surface area contributed by atoms with Crippen molar-refractivity contribution in [3.05, 3.63) is 35.4 Å². The molecule has 0 amide bonds. The summed E-state index contributed by atoms with van der Waals surface area (Å²) in [6.45, 7) is 12.2. The largest absolute Gasteiger partial charge is 0.416 e. The van der Waals surface area contributed by atoms with Crippen molar-refractivity contribution >= 4 is 8.32 Å². The van der Waals surface area contributed by atoms with Crippen LogP contribution in [0.25, 0.3) is 0 Å². The zero-order valence-electron chi connectivity index (χ0n) is 12.2. The molecule has 0 aliphatic carbocycles. The van der Waals surface area contributed by atoms with Crippen LogP contribution in [0.15, 0.2) is 24.3 Å². The first kappa shape index (κ1) is 15.0. The predicted molar refractivity (Wildman–Crippen MR) is 81.2 cm³/mol. The normalized spacial score (nSPS) is 12.2. The van der Waals surface area contributed by atoms with Crippen molar-refractivity contribution in [1.29, 1.82) is 0 Å². The van der Waals surface area contributed by atoms with Gasteiger partial charge in [0.05, 0.1) is 0 Å². The van der Waals surface area contributed by atoms with Gasteiger partial charge in [-0.2, -0.15) is 0 Å². The first-order chi connectivity index (χ1) is 8.26. The molecule has 0 aliphatic rings. The van der Waals surface area contributed by atoms with E-state index in [-0.39, 0.29) is 5.04 Å². The lowest BCUT2D eigenvalue weighted by molar-refractivity contribution is 0.292. The van der Waals surface area contributed by atoms with Crippen molar-refractivity contribution in [2.45, 2.75) is 45.3 Å². The summed E-state index contributed by atoms with van der Waals surface area (Å²) in [6, 6.07) is 8.15. The minimum atomic E-state index is -1.61. The molecule has 1 aromatic rings. The number of benzene rings is 1. The molecule has 2 heteroatoms. The van der Waals surface area contributed by atoms with Gasteiger partial charge in [0.25, 0.3) is 0 Å². The predicted octanol–water partition coefficient (Wildman–Crippen LogP) is 4.23. The molecule has 1 aromatic carbocycles. The van der Waals surface area contributed by atoms with E-state index < -0.39 is 8.32 Å². The van der Waals surface area contributed by atoms with E-state index in [1.165, 1.54) is 5.56 Å². The van der Waals surface area contributed by atoms with Crippen LogP contribution in [-0.4, -0.2) is 14.9 Å². The second-order valence-corrected chi connectivity index (χ2v) is 11.0. The molecule has 1 nitrogen and oxygen atoms in total. The molecular formula is C16H24OSi. The smallest absolute Gasteiger partial charge is 0.191 e. The fraction of sp³-hybridized carbons (Fsp3) is 0.500. The Kier molecular flexibility index (Phi) is 4.78. The summed E-state index contributed by atoms with van der Waals surface area (Å²) in [7, 11) is -1.61. The van der Waals surface area contributed by atoms with Crippen LogP contribution in [0.4, 0.5) is 0 Å². The van der Waals surface area contributed by atoms with Gasteiger partial charge in [-0.05, 0) is 42.2 Å². The zero-order chi connectivity index (χ0) is 13.8. The van der Waals surface area contributed by atoms with E-state index in [2.05, 4.69) is 51.9 Å². The van der Waals surface area contributed by atoms with Crippen molar-refractivity contribution in [2.75, 3.05) is 6.61 Å². The van der Waals surface area contributed by atoms with E-state index in [9.17, 15) is 0 Å². The molecular weight excluding hydrogens is 236 g/mol. The Morgan fingerprint density at radius 3 is 2.17 bits per heavy atom. The zero-order valence-corrected chi connectivity index (χ0v) is 13.2. The summed E-state index contributed by atoms with van der Waals surface area (Å²) in [5, 5.41) is 0.278. The molecule has 0 unspecified atom stereocenters. The van der Waals surface area contributed by atoms with Crippen molar-refractivity contribution in [2.24, 2.45) is 0 Å². The van der Waals surface area contributed by atoms with Crippen LogP contribution in [0, 0.1) is 12.3 Å². The van der Waals surface area contributed by atoms with Gasteiger partial charge < -0.3 is 4.43 Å². The summed E-state index contributed by atoms with van der Waals surface area (Å²) in [5.74, 6) is 2.63. The maximum Gasteiger partial charge on any atom is 0.191 e. The molecule has 0 aliphatic heterocycles. The Bertz CT molecular complexity index is 418. The fourth-order valence-corrected chi connectivity index (χ4v) is 2.45. The Balaban J connectivity index is 2.49. The minimum absolute atomic E-state index is 0.278. The lowest BCUT2D eigenvalue weighted by Gasteiger charge is -2.36. The van der Waals surface area contributed by atoms with E-state index >= 15 is 0 Å². The third-order valence-electron chi connectivity index (χ3n) is 3.78. The number of hydrogen-bond donors (Lipinski definition) is 0. The fourth-order valence-electron chi connectivity index (χ4n) is 1.41. The van der Waals surface area contributed by atoms with Gasteiger partial charge in [-0.3, -0.25) is 0 Å². The Morgan fingerprint density at radius 2 is 1.72 bits per heavy atom. The van der Waals surface area contributed by atoms with E-state index in [1.807, 2.05) is 12.1 Å². The summed E-state index contributed by atoms with van der Waals surface area (Å²) in [6.07, 6.45) is 6.29. The SMILES string of the molecule is C#Cc1ccc(CCO[Si](C)(C)C(C)(C)C)cc1. The van der Waals surface area contributed by atoms with Crippen molar-refractivity contribution < 1.29 is 4.43 Å². The van der Waals surface area contributed by atoms with Gasteiger partial charge in [0.15, 0.2) is 8.32 Å². The van der Waals surface area contributed by atoms with Crippen LogP contribution in [0.1, 0.15) is 31.9 Å². The molecule has 0 heterocycles. The standard InChI is InChI=1S/C16H24OSi/c1-7-14-8-10-15(11-9-14)12-13-17-18(5,6)16(2,3)4/h1,8-11H,12-13H2,2-6H3. The van der Waals surface area contributed by atoms with Crippen molar-refractivity contribution in [1.82, 2.24) is 0 Å². The highest BCUT2D eigenvalue weighted by molar-refractivity contribution is 6.74. The topological polar surface area (TPSA) is 9.23 Å². The quantitative estimate of drug-likeness (QED) is 0.581. The third kappa shape index (κ3) is 4.01. The first-order valence-corrected chi connectivity index (χ1v) is 9.36. The molecule has 0 saturated heterocycles. The molecule has 0 fully saturated rings. The maximum atomic E-state index is 6.15. The lowest BCUT2D eigenvalue weighted by Crippen LogP contribution is -2.41. The molecule has 0 saturated carbocycles. The number of hydrogen-bond acceptors (Lipinski definition) is 1. The van der Waals surface area contributed by atoms with Gasteiger partial charge in [0.2, 0.25) is 0 Å². The highest BCUT2D eigenvalue weighted by Gasteiger charge is 2.36. The summed E-state index contributed by atoms with van der Waals surface area (Å²) in [4.78, 5) is 0. The molecule has 0 spiro atoms. The van der Waals surface area contributed by atoms with E-state index in [0.29, 0.717) is 0 Å². The van der Waals surface area contributed by atoms with E-state index in [0.717, 1.165) is 18.6 Å². The van der Waals surface area contributed by atoms with Crippen molar-refractivity contribution in [3.8, 4) is 12.3 Å². The van der Waals surface area contributed by atoms with Gasteiger partial charge in [-0.15, -0.1) is 6.42 Å². The molecule has 1 rings (SSSR count). The van der Waals surface area contributed by atoms with E-state index in [4.69, 9.17) is 10.8 Å². The first-order valence-electron chi connectivity index (χ1n) is 6.46. The van der Waals surface area contributed by atoms with Crippen LogP contribution in [0.5, 0.6) is 0 Å². The van der Waals surface area contributed by atoms with Crippen LogP contribution in [0.2, 0.25) is 18.1 Å². The van der Waals surface area contributed by atoms with E-state index in [1.54, 1.807) is 0 Å². The van der Waals surface area contributed by atoms with Gasteiger partial charge in [-0.1, -0.05) is 38.8 Å². The molecule has 0 atom stereocenters. The number of rotatable bonds is 4. The van der Waals surface area contributed by atoms with Gasteiger partial charge in [0.1, 0.15) is 0 Å². The molecule has 98 valence electrons. The van der Waals surface area contributed by atoms with Crippen LogP contribution >= 0.6 is 0 Å². The van der Waals surface area contributed by atoms with Crippen molar-refractivity contribution in [3.63, 3.8) is 0 Å². The average Bonchev–Trinajstić information content (AvgIpc) is 2.28. The summed E-state index contributed by atoms with van der Waals surface area (Å²) < 4.78 is 6.15. The summed E-state index contributed by atoms with van der Waals surface area (Å²) in [5.41, 5.74) is 2.22. The highest BCUT2D eigenvalue weighted by atomic mass is 28.4. The lowest BCUT2D eigenvalue weighted by atomic mass is 10.1. The second kappa shape index (κ2) is 5.73. The van der Waals surface area contributed by atoms with Crippen LogP contribution in [-0.2, 0) is 10.8 Å². The Morgan fingerprint density at radius 1 is 1.17 bits per heavy atom. The van der Waals surface area contributed by atoms with Gasteiger partial charge >= 0.3 is 0 Å². The highest BCUT2D eigenvalue weighted by Crippen LogP contribution is 2.36. The molecule has 0 aromatic heterocycles. The number of terminal acetylenes is 1. The Labute approximate surface area is 113 Å². The van der Waals surface area contributed by atoms with Gasteiger partial charge in [0, 0.05) is 12.2 Å². The second-order valence-electron chi connectivity index (χ2n) is 6.20. The van der Waals surface area contributed by atoms with Gasteiger partial charge in [-0.25, -0.2) is 0 Å². The molecule has 18 heavy (non-hydrogen) atoms.